The van der Waals surface area contributed by atoms with Gasteiger partial charge in [0.1, 0.15) is 5.75 Å². The molecule has 22 heavy (non-hydrogen) atoms. The summed E-state index contributed by atoms with van der Waals surface area (Å²) in [6.45, 7) is 5.36. The number of rotatable bonds is 6. The molecular weight excluding hydrogens is 274 g/mol. The first-order valence-corrected chi connectivity index (χ1v) is 8.00. The Morgan fingerprint density at radius 1 is 1.14 bits per heavy atom. The highest BCUT2D eigenvalue weighted by molar-refractivity contribution is 5.68. The second-order valence-electron chi connectivity index (χ2n) is 5.54. The van der Waals surface area contributed by atoms with E-state index < -0.39 is 0 Å². The molecule has 0 bridgehead atoms. The van der Waals surface area contributed by atoms with E-state index in [-0.39, 0.29) is 0 Å². The molecule has 0 spiro atoms. The molecule has 0 radical (unpaired) electrons. The van der Waals surface area contributed by atoms with Crippen molar-refractivity contribution in [2.45, 2.75) is 26.1 Å². The van der Waals surface area contributed by atoms with Crippen LogP contribution in [0.1, 0.15) is 18.9 Å². The van der Waals surface area contributed by atoms with E-state index in [4.69, 9.17) is 9.47 Å². The molecule has 1 saturated heterocycles. The molecule has 2 aromatic carbocycles. The number of ether oxygens (including phenoxy) is 2. The van der Waals surface area contributed by atoms with E-state index in [1.165, 1.54) is 16.7 Å². The van der Waals surface area contributed by atoms with Crippen LogP contribution in [0.25, 0.3) is 11.1 Å². The van der Waals surface area contributed by atoms with Crippen molar-refractivity contribution < 1.29 is 9.47 Å². The van der Waals surface area contributed by atoms with Gasteiger partial charge in [-0.25, -0.2) is 0 Å². The minimum Gasteiger partial charge on any atom is -0.494 e. The average Bonchev–Trinajstić information content (AvgIpc) is 3.07. The van der Waals surface area contributed by atoms with Crippen LogP contribution in [-0.2, 0) is 11.3 Å². The standard InChI is InChI=1S/C19H23NO2/c1-2-21-17-8-5-7-15(12-17)19-9-4-3-6-16(19)14-22-18-10-11-20-13-18/h3-9,12,18,20H,2,10-11,13-14H2,1H3. The van der Waals surface area contributed by atoms with Crippen molar-refractivity contribution in [1.82, 2.24) is 5.32 Å². The first-order chi connectivity index (χ1) is 10.9. The lowest BCUT2D eigenvalue weighted by atomic mass is 10.00. The van der Waals surface area contributed by atoms with Gasteiger partial charge in [0.2, 0.25) is 0 Å². The van der Waals surface area contributed by atoms with E-state index in [1.54, 1.807) is 0 Å². The largest absolute Gasteiger partial charge is 0.494 e. The van der Waals surface area contributed by atoms with E-state index in [0.717, 1.165) is 25.3 Å². The van der Waals surface area contributed by atoms with Crippen molar-refractivity contribution in [3.05, 3.63) is 54.1 Å². The monoisotopic (exact) mass is 297 g/mol. The van der Waals surface area contributed by atoms with Crippen molar-refractivity contribution in [2.75, 3.05) is 19.7 Å². The second-order valence-corrected chi connectivity index (χ2v) is 5.54. The van der Waals surface area contributed by atoms with Crippen LogP contribution >= 0.6 is 0 Å². The van der Waals surface area contributed by atoms with Gasteiger partial charge in [-0.3, -0.25) is 0 Å². The Bertz CT molecular complexity index is 606. The fourth-order valence-corrected chi connectivity index (χ4v) is 2.83. The Hall–Kier alpha value is -1.84. The predicted octanol–water partition coefficient (Wildman–Crippen LogP) is 3.63. The second kappa shape index (κ2) is 7.43. The van der Waals surface area contributed by atoms with Gasteiger partial charge in [-0.1, -0.05) is 36.4 Å². The van der Waals surface area contributed by atoms with Gasteiger partial charge in [-0.2, -0.15) is 0 Å². The normalized spacial score (nSPS) is 17.6. The number of nitrogens with one attached hydrogen (secondary N) is 1. The van der Waals surface area contributed by atoms with Crippen LogP contribution in [0, 0.1) is 0 Å². The summed E-state index contributed by atoms with van der Waals surface area (Å²) in [6, 6.07) is 16.7. The van der Waals surface area contributed by atoms with E-state index in [9.17, 15) is 0 Å². The molecule has 1 fully saturated rings. The third-order valence-electron chi connectivity index (χ3n) is 3.96. The maximum absolute atomic E-state index is 6.04. The lowest BCUT2D eigenvalue weighted by molar-refractivity contribution is 0.0545. The number of benzene rings is 2. The van der Waals surface area contributed by atoms with Gasteiger partial charge in [-0.05, 0) is 48.7 Å². The fraction of sp³-hybridized carbons (Fsp3) is 0.368. The Morgan fingerprint density at radius 2 is 2.05 bits per heavy atom. The van der Waals surface area contributed by atoms with Crippen molar-refractivity contribution in [2.24, 2.45) is 0 Å². The molecule has 1 unspecified atom stereocenters. The first kappa shape index (κ1) is 15.1. The molecule has 0 amide bonds. The lowest BCUT2D eigenvalue weighted by Gasteiger charge is -2.14. The molecule has 2 aromatic rings. The van der Waals surface area contributed by atoms with Crippen LogP contribution < -0.4 is 10.1 Å². The molecule has 1 N–H and O–H groups in total. The van der Waals surface area contributed by atoms with E-state index in [1.807, 2.05) is 19.1 Å². The van der Waals surface area contributed by atoms with Crippen LogP contribution in [-0.4, -0.2) is 25.8 Å². The highest BCUT2D eigenvalue weighted by Gasteiger charge is 2.15. The van der Waals surface area contributed by atoms with E-state index in [2.05, 4.69) is 41.7 Å². The highest BCUT2D eigenvalue weighted by Crippen LogP contribution is 2.28. The molecule has 1 heterocycles. The number of hydrogen-bond acceptors (Lipinski definition) is 3. The van der Waals surface area contributed by atoms with Crippen LogP contribution in [0.4, 0.5) is 0 Å². The fourth-order valence-electron chi connectivity index (χ4n) is 2.83. The Balaban J connectivity index is 1.79. The topological polar surface area (TPSA) is 30.5 Å². The predicted molar refractivity (Wildman–Crippen MR) is 89.1 cm³/mol. The minimum absolute atomic E-state index is 0.336. The van der Waals surface area contributed by atoms with Gasteiger partial charge >= 0.3 is 0 Å². The summed E-state index contributed by atoms with van der Waals surface area (Å²) in [7, 11) is 0. The molecule has 3 rings (SSSR count). The average molecular weight is 297 g/mol. The van der Waals surface area contributed by atoms with Gasteiger partial charge in [-0.15, -0.1) is 0 Å². The summed E-state index contributed by atoms with van der Waals surface area (Å²) >= 11 is 0. The van der Waals surface area contributed by atoms with Crippen molar-refractivity contribution in [3.63, 3.8) is 0 Å². The summed E-state index contributed by atoms with van der Waals surface area (Å²) in [6.07, 6.45) is 1.44. The Morgan fingerprint density at radius 3 is 2.86 bits per heavy atom. The summed E-state index contributed by atoms with van der Waals surface area (Å²) < 4.78 is 11.6. The molecule has 1 atom stereocenters. The van der Waals surface area contributed by atoms with E-state index in [0.29, 0.717) is 19.3 Å². The maximum atomic E-state index is 6.04. The molecule has 1 aliphatic heterocycles. The molecule has 0 aromatic heterocycles. The molecule has 0 aliphatic carbocycles. The van der Waals surface area contributed by atoms with Crippen LogP contribution in [0.15, 0.2) is 48.5 Å². The molecule has 3 nitrogen and oxygen atoms in total. The van der Waals surface area contributed by atoms with Crippen LogP contribution in [0.2, 0.25) is 0 Å². The van der Waals surface area contributed by atoms with Gasteiger partial charge in [0.25, 0.3) is 0 Å². The zero-order valence-electron chi connectivity index (χ0n) is 13.0. The Kier molecular flexibility index (Phi) is 5.09. The first-order valence-electron chi connectivity index (χ1n) is 8.00. The van der Waals surface area contributed by atoms with Crippen LogP contribution in [0.5, 0.6) is 5.75 Å². The molecule has 116 valence electrons. The van der Waals surface area contributed by atoms with E-state index >= 15 is 0 Å². The molecule has 1 aliphatic rings. The summed E-state index contributed by atoms with van der Waals surface area (Å²) in [5.41, 5.74) is 3.62. The summed E-state index contributed by atoms with van der Waals surface area (Å²) in [4.78, 5) is 0. The molecule has 3 heteroatoms. The van der Waals surface area contributed by atoms with Gasteiger partial charge in [0, 0.05) is 6.54 Å². The lowest BCUT2D eigenvalue weighted by Crippen LogP contribution is -2.16. The van der Waals surface area contributed by atoms with Crippen molar-refractivity contribution >= 4 is 0 Å². The number of hydrogen-bond donors (Lipinski definition) is 1. The SMILES string of the molecule is CCOc1cccc(-c2ccccc2COC2CCNC2)c1. The third kappa shape index (κ3) is 3.67. The van der Waals surface area contributed by atoms with Crippen molar-refractivity contribution in [1.29, 1.82) is 0 Å². The van der Waals surface area contributed by atoms with Gasteiger partial charge < -0.3 is 14.8 Å². The minimum atomic E-state index is 0.336. The van der Waals surface area contributed by atoms with Gasteiger partial charge in [0.15, 0.2) is 0 Å². The quantitative estimate of drug-likeness (QED) is 0.883. The molecule has 0 saturated carbocycles. The zero-order chi connectivity index (χ0) is 15.2. The zero-order valence-corrected chi connectivity index (χ0v) is 13.0. The Labute approximate surface area is 132 Å². The highest BCUT2D eigenvalue weighted by atomic mass is 16.5. The van der Waals surface area contributed by atoms with Gasteiger partial charge in [0.05, 0.1) is 19.3 Å². The third-order valence-corrected chi connectivity index (χ3v) is 3.96. The summed E-state index contributed by atoms with van der Waals surface area (Å²) in [5.74, 6) is 0.913. The van der Waals surface area contributed by atoms with Crippen molar-refractivity contribution in [3.8, 4) is 16.9 Å². The summed E-state index contributed by atoms with van der Waals surface area (Å²) in [5, 5.41) is 3.33. The maximum Gasteiger partial charge on any atom is 0.119 e. The van der Waals surface area contributed by atoms with Crippen LogP contribution in [0.3, 0.4) is 0 Å². The smallest absolute Gasteiger partial charge is 0.119 e. The molecular formula is C19H23NO2.